The van der Waals surface area contributed by atoms with Gasteiger partial charge in [-0.2, -0.15) is 0 Å². The van der Waals surface area contributed by atoms with Crippen LogP contribution in [-0.4, -0.2) is 70.0 Å². The molecule has 0 N–H and O–H groups in total. The molecule has 3 atom stereocenters. The molecule has 1 amide bonds. The Kier molecular flexibility index (Phi) is 14.8. The van der Waals surface area contributed by atoms with E-state index in [1.54, 1.807) is 4.90 Å². The third-order valence-electron chi connectivity index (χ3n) is 12.9. The van der Waals surface area contributed by atoms with Gasteiger partial charge in [-0.05, 0) is 71.1 Å². The molecule has 0 unspecified atom stereocenters. The maximum absolute atomic E-state index is 15.2. The SMILES string of the molecule is C=CCOC(=O)C(N1C(=O)[C@H]([C@H](C)O[Si](C)(C)C(C)(C)C)[C@H]1CC(=O)c1ccc(CCO[Si](C)(C)C(C)(C)C)cc1)=P(c1ccccc1)(c1ccccc1)c1ccccc1. The van der Waals surface area contributed by atoms with Crippen LogP contribution < -0.4 is 15.9 Å². The number of Topliss-reactive ketones (excluding diaryl/α,β-unsaturated/α-hetero) is 1. The minimum atomic E-state index is -3.18. The second-order valence-corrected chi connectivity index (χ2v) is 31.8. The predicted octanol–water partition coefficient (Wildman–Crippen LogP) is 9.91. The van der Waals surface area contributed by atoms with Crippen LogP contribution in [0.1, 0.15) is 70.8 Å². The second-order valence-electron chi connectivity index (χ2n) is 19.0. The zero-order valence-electron chi connectivity index (χ0n) is 37.7. The predicted molar refractivity (Wildman–Crippen MR) is 255 cm³/mol. The molecule has 0 spiro atoms. The summed E-state index contributed by atoms with van der Waals surface area (Å²) < 4.78 is 19.4. The van der Waals surface area contributed by atoms with Gasteiger partial charge >= 0.3 is 5.97 Å². The number of hydrogen-bond donors (Lipinski definition) is 0. The fourth-order valence-electron chi connectivity index (χ4n) is 7.45. The summed E-state index contributed by atoms with van der Waals surface area (Å²) in [5, 5.41) is 2.65. The Morgan fingerprint density at radius 2 is 1.22 bits per heavy atom. The van der Waals surface area contributed by atoms with E-state index in [2.05, 4.69) is 74.3 Å². The molecule has 0 radical (unpaired) electrons. The van der Waals surface area contributed by atoms with Gasteiger partial charge in [0.15, 0.2) is 22.4 Å². The Hall–Kier alpha value is -4.12. The molecule has 1 saturated heterocycles. The molecule has 1 fully saturated rings. The highest BCUT2D eigenvalue weighted by atomic mass is 31.2. The van der Waals surface area contributed by atoms with E-state index in [4.69, 9.17) is 13.6 Å². The molecule has 10 heteroatoms. The van der Waals surface area contributed by atoms with Crippen LogP contribution in [-0.2, 0) is 29.6 Å². The van der Waals surface area contributed by atoms with Crippen molar-refractivity contribution in [3.05, 3.63) is 139 Å². The van der Waals surface area contributed by atoms with Crippen molar-refractivity contribution in [2.24, 2.45) is 5.92 Å². The number of carbonyl (C=O) groups is 3. The van der Waals surface area contributed by atoms with Crippen molar-refractivity contribution in [2.45, 2.75) is 110 Å². The zero-order chi connectivity index (χ0) is 44.1. The first-order valence-corrected chi connectivity index (χ1v) is 28.8. The molecule has 1 aliphatic rings. The highest BCUT2D eigenvalue weighted by Crippen LogP contribution is 2.51. The van der Waals surface area contributed by atoms with Crippen LogP contribution in [0, 0.1) is 5.92 Å². The zero-order valence-corrected chi connectivity index (χ0v) is 40.6. The lowest BCUT2D eigenvalue weighted by Crippen LogP contribution is -2.69. The standard InChI is InChI=1S/C50H66NO6PSi2/c1-13-34-55-48(54)47(58(40-23-17-14-18-24-40,41-25-19-15-20-26-41)42-27-21-16-22-28-42)51-43(45(46(51)53)37(2)57-60(11,12)50(6,7)8)36-44(52)39-31-29-38(30-32-39)33-35-56-59(9,10)49(3,4)5/h13-32,37,43,45H,1,33-36H2,2-12H3/t37-,43+,45+/m0/s1. The van der Waals surface area contributed by atoms with E-state index in [9.17, 15) is 4.79 Å². The van der Waals surface area contributed by atoms with Crippen molar-refractivity contribution in [1.29, 1.82) is 0 Å². The molecule has 5 rings (SSSR count). The normalized spacial score (nSPS) is 16.8. The highest BCUT2D eigenvalue weighted by Gasteiger charge is 2.57. The number of nitrogens with zero attached hydrogens (tertiary/aromatic N) is 1. The van der Waals surface area contributed by atoms with Gasteiger partial charge in [0, 0.05) is 25.5 Å². The molecule has 1 heterocycles. The number of ether oxygens (including phenoxy) is 1. The lowest BCUT2D eigenvalue weighted by atomic mass is 9.79. The first kappa shape index (κ1) is 46.9. The lowest BCUT2D eigenvalue weighted by molar-refractivity contribution is -0.156. The van der Waals surface area contributed by atoms with Gasteiger partial charge in [-0.1, -0.05) is 169 Å². The summed E-state index contributed by atoms with van der Waals surface area (Å²) >= 11 is 0. The summed E-state index contributed by atoms with van der Waals surface area (Å²) in [4.78, 5) is 46.5. The number of ketones is 1. The molecule has 0 saturated carbocycles. The number of esters is 1. The molecule has 60 heavy (non-hydrogen) atoms. The number of benzene rings is 4. The highest BCUT2D eigenvalue weighted by molar-refractivity contribution is 7.96. The molecule has 4 aromatic carbocycles. The van der Waals surface area contributed by atoms with Gasteiger partial charge in [0.25, 0.3) is 0 Å². The van der Waals surface area contributed by atoms with Crippen molar-refractivity contribution in [3.63, 3.8) is 0 Å². The summed E-state index contributed by atoms with van der Waals surface area (Å²) in [6.45, 7) is 25.2. The summed E-state index contributed by atoms with van der Waals surface area (Å²) in [5.74, 6) is -1.67. The van der Waals surface area contributed by atoms with Gasteiger partial charge in [-0.25, -0.2) is 4.79 Å². The number of amides is 1. The molecule has 7 nitrogen and oxygen atoms in total. The van der Waals surface area contributed by atoms with E-state index >= 15 is 9.59 Å². The number of likely N-dealkylation sites (tertiary alicyclic amines) is 1. The minimum absolute atomic E-state index is 0.00789. The average Bonchev–Trinajstić information content (AvgIpc) is 3.20. The Labute approximate surface area is 361 Å². The molecule has 1 aliphatic heterocycles. The summed E-state index contributed by atoms with van der Waals surface area (Å²) in [6, 6.07) is 36.8. The molecule has 4 aromatic rings. The Bertz CT molecular complexity index is 2070. The van der Waals surface area contributed by atoms with Crippen LogP contribution in [0.2, 0.25) is 36.3 Å². The summed E-state index contributed by atoms with van der Waals surface area (Å²) in [7, 11) is -4.26. The van der Waals surface area contributed by atoms with E-state index in [-0.39, 0.29) is 40.2 Å². The van der Waals surface area contributed by atoms with Crippen LogP contribution in [0.5, 0.6) is 0 Å². The Balaban J connectivity index is 1.68. The average molecular weight is 864 g/mol. The minimum Gasteiger partial charge on any atom is -0.457 e. The largest absolute Gasteiger partial charge is 0.457 e. The fraction of sp³-hybridized carbons (Fsp3) is 0.400. The first-order valence-electron chi connectivity index (χ1n) is 21.2. The van der Waals surface area contributed by atoms with Gasteiger partial charge in [0.2, 0.25) is 5.91 Å². The smallest absolute Gasteiger partial charge is 0.356 e. The van der Waals surface area contributed by atoms with Gasteiger partial charge in [0.1, 0.15) is 12.0 Å². The summed E-state index contributed by atoms with van der Waals surface area (Å²) in [6.07, 6.45) is 1.75. The van der Waals surface area contributed by atoms with Crippen molar-refractivity contribution < 1.29 is 28.0 Å². The van der Waals surface area contributed by atoms with Crippen molar-refractivity contribution in [3.8, 4) is 0 Å². The number of hydrogen-bond acceptors (Lipinski definition) is 6. The van der Waals surface area contributed by atoms with Crippen molar-refractivity contribution in [2.75, 3.05) is 13.2 Å². The monoisotopic (exact) mass is 863 g/mol. The molecular formula is C50H66NO6PSi2. The third-order valence-corrected chi connectivity index (χ3v) is 26.2. The molecule has 0 aliphatic carbocycles. The van der Waals surface area contributed by atoms with Crippen LogP contribution in [0.25, 0.3) is 0 Å². The summed E-state index contributed by atoms with van der Waals surface area (Å²) in [5.41, 5.74) is 1.87. The maximum Gasteiger partial charge on any atom is 0.356 e. The van der Waals surface area contributed by atoms with Crippen molar-refractivity contribution >= 4 is 62.5 Å². The second kappa shape index (κ2) is 18.9. The Morgan fingerprint density at radius 3 is 1.65 bits per heavy atom. The molecule has 320 valence electrons. The third kappa shape index (κ3) is 9.82. The molecule has 0 aromatic heterocycles. The lowest BCUT2D eigenvalue weighted by Gasteiger charge is -2.53. The van der Waals surface area contributed by atoms with Crippen LogP contribution in [0.15, 0.2) is 128 Å². The van der Waals surface area contributed by atoms with E-state index in [0.717, 1.165) is 27.9 Å². The van der Waals surface area contributed by atoms with Crippen LogP contribution >= 0.6 is 6.89 Å². The number of rotatable bonds is 17. The van der Waals surface area contributed by atoms with Crippen molar-refractivity contribution in [1.82, 2.24) is 4.90 Å². The number of β-lactam (4-membered cyclic amide) rings is 1. The van der Waals surface area contributed by atoms with E-state index in [1.807, 2.05) is 122 Å². The van der Waals surface area contributed by atoms with E-state index in [1.165, 1.54) is 6.08 Å². The molecule has 0 bridgehead atoms. The topological polar surface area (TPSA) is 82.1 Å². The Morgan fingerprint density at radius 1 is 0.750 bits per heavy atom. The first-order chi connectivity index (χ1) is 28.2. The van der Waals surface area contributed by atoms with Gasteiger partial charge in [-0.3, -0.25) is 9.59 Å². The van der Waals surface area contributed by atoms with E-state index in [0.29, 0.717) is 12.2 Å². The van der Waals surface area contributed by atoms with Crippen LogP contribution in [0.4, 0.5) is 0 Å². The fourth-order valence-corrected chi connectivity index (χ4v) is 14.3. The van der Waals surface area contributed by atoms with Gasteiger partial charge in [0.05, 0.1) is 18.1 Å². The molecular weight excluding hydrogens is 798 g/mol. The van der Waals surface area contributed by atoms with Crippen LogP contribution in [0.3, 0.4) is 0 Å². The quantitative estimate of drug-likeness (QED) is 0.0263. The van der Waals surface area contributed by atoms with E-state index < -0.39 is 47.6 Å². The van der Waals surface area contributed by atoms with Gasteiger partial charge < -0.3 is 18.5 Å². The number of carbonyl (C=O) groups excluding carboxylic acids is 3. The van der Waals surface area contributed by atoms with Gasteiger partial charge in [-0.15, -0.1) is 0 Å². The maximum atomic E-state index is 15.2.